The van der Waals surface area contributed by atoms with Crippen LogP contribution in [-0.4, -0.2) is 36.5 Å². The van der Waals surface area contributed by atoms with E-state index in [9.17, 15) is 22.0 Å². The fourth-order valence-corrected chi connectivity index (χ4v) is 2.94. The first-order chi connectivity index (χ1) is 12.4. The van der Waals surface area contributed by atoms with Gasteiger partial charge in [0, 0.05) is 31.0 Å². The highest BCUT2D eigenvalue weighted by Crippen LogP contribution is 2.19. The van der Waals surface area contributed by atoms with Gasteiger partial charge in [0.25, 0.3) is 5.91 Å². The summed E-state index contributed by atoms with van der Waals surface area (Å²) in [5.74, 6) is -3.97. The number of alkyl halides is 2. The van der Waals surface area contributed by atoms with Crippen molar-refractivity contribution in [2.45, 2.75) is 23.6 Å². The Labute approximate surface area is 149 Å². The van der Waals surface area contributed by atoms with Crippen molar-refractivity contribution in [1.82, 2.24) is 9.88 Å². The number of sulfone groups is 1. The summed E-state index contributed by atoms with van der Waals surface area (Å²) in [6, 6.07) is 9.76. The molecule has 1 amide bonds. The van der Waals surface area contributed by atoms with Gasteiger partial charge in [-0.15, -0.1) is 0 Å². The van der Waals surface area contributed by atoms with Gasteiger partial charge in [-0.25, -0.2) is 8.42 Å². The highest BCUT2D eigenvalue weighted by molar-refractivity contribution is 7.91. The van der Waals surface area contributed by atoms with E-state index in [2.05, 4.69) is 4.98 Å². The molecule has 0 fully saturated rings. The largest absolute Gasteiger partial charge is 0.341 e. The van der Waals surface area contributed by atoms with Crippen molar-refractivity contribution in [3.05, 3.63) is 59.9 Å². The van der Waals surface area contributed by atoms with E-state index < -0.39 is 26.4 Å². The lowest BCUT2D eigenvalue weighted by Crippen LogP contribution is -2.31. The lowest BCUT2D eigenvalue weighted by atomic mass is 10.1. The van der Waals surface area contributed by atoms with Gasteiger partial charge in [-0.1, -0.05) is 6.07 Å². The summed E-state index contributed by atoms with van der Waals surface area (Å²) in [6.07, 6.45) is 3.29. The van der Waals surface area contributed by atoms with Crippen LogP contribution < -0.4 is 0 Å². The van der Waals surface area contributed by atoms with Crippen LogP contribution in [0, 0.1) is 11.3 Å². The number of carbonyl (C=O) groups excluding carboxylic acids is 1. The Morgan fingerprint density at radius 2 is 1.92 bits per heavy atom. The number of carbonyl (C=O) groups is 1. The Morgan fingerprint density at radius 3 is 2.46 bits per heavy atom. The Hall–Kier alpha value is -2.86. The number of hydrogen-bond acceptors (Lipinski definition) is 5. The molecule has 0 radical (unpaired) electrons. The van der Waals surface area contributed by atoms with Gasteiger partial charge in [0.1, 0.15) is 0 Å². The van der Waals surface area contributed by atoms with Crippen molar-refractivity contribution >= 4 is 15.7 Å². The molecular formula is C17H15F2N3O3S. The minimum atomic E-state index is -4.71. The van der Waals surface area contributed by atoms with Gasteiger partial charge < -0.3 is 4.90 Å². The molecule has 0 unspecified atom stereocenters. The predicted octanol–water partition coefficient (Wildman–Crippen LogP) is 2.63. The van der Waals surface area contributed by atoms with Gasteiger partial charge >= 0.3 is 5.76 Å². The highest BCUT2D eigenvalue weighted by Gasteiger charge is 2.27. The molecule has 0 atom stereocenters. The van der Waals surface area contributed by atoms with Crippen molar-refractivity contribution in [1.29, 1.82) is 5.26 Å². The van der Waals surface area contributed by atoms with Gasteiger partial charge in [-0.3, -0.25) is 9.78 Å². The third-order valence-corrected chi connectivity index (χ3v) is 4.94. The average molecular weight is 379 g/mol. The second-order valence-corrected chi connectivity index (χ2v) is 7.24. The molecule has 2 aromatic rings. The van der Waals surface area contributed by atoms with E-state index in [1.807, 2.05) is 6.07 Å². The first kappa shape index (κ1) is 19.5. The smallest absolute Gasteiger partial charge is 0.333 e. The van der Waals surface area contributed by atoms with Crippen LogP contribution in [0.4, 0.5) is 8.78 Å². The molecule has 2 rings (SSSR count). The number of hydrogen-bond donors (Lipinski definition) is 0. The van der Waals surface area contributed by atoms with E-state index in [1.165, 1.54) is 17.0 Å². The molecule has 1 heterocycles. The van der Waals surface area contributed by atoms with Crippen molar-refractivity contribution in [3.63, 3.8) is 0 Å². The van der Waals surface area contributed by atoms with Gasteiger partial charge in [-0.05, 0) is 35.9 Å². The minimum absolute atomic E-state index is 0.115. The van der Waals surface area contributed by atoms with Crippen LogP contribution in [0.2, 0.25) is 0 Å². The average Bonchev–Trinajstić information content (AvgIpc) is 2.65. The predicted molar refractivity (Wildman–Crippen MR) is 88.8 cm³/mol. The highest BCUT2D eigenvalue weighted by atomic mass is 32.2. The van der Waals surface area contributed by atoms with Crippen LogP contribution in [0.5, 0.6) is 0 Å². The zero-order chi connectivity index (χ0) is 19.2. The monoisotopic (exact) mass is 379 g/mol. The molecule has 0 saturated heterocycles. The number of aromatic nitrogens is 1. The summed E-state index contributed by atoms with van der Waals surface area (Å²) in [6.45, 7) is 0.382. The van der Waals surface area contributed by atoms with Gasteiger partial charge in [0.15, 0.2) is 0 Å². The van der Waals surface area contributed by atoms with E-state index in [-0.39, 0.29) is 25.1 Å². The maximum absolute atomic E-state index is 12.6. The van der Waals surface area contributed by atoms with E-state index in [0.29, 0.717) is 0 Å². The third-order valence-electron chi connectivity index (χ3n) is 3.54. The zero-order valence-electron chi connectivity index (χ0n) is 13.5. The van der Waals surface area contributed by atoms with Crippen LogP contribution in [0.15, 0.2) is 53.7 Å². The molecule has 1 aromatic carbocycles. The quantitative estimate of drug-likeness (QED) is 0.738. The van der Waals surface area contributed by atoms with E-state index in [0.717, 1.165) is 17.7 Å². The van der Waals surface area contributed by atoms with E-state index in [4.69, 9.17) is 5.26 Å². The molecule has 0 aliphatic heterocycles. The number of halogens is 2. The van der Waals surface area contributed by atoms with Crippen LogP contribution in [0.1, 0.15) is 22.3 Å². The molecule has 9 heteroatoms. The fourth-order valence-electron chi connectivity index (χ4n) is 2.22. The van der Waals surface area contributed by atoms with E-state index in [1.54, 1.807) is 24.5 Å². The summed E-state index contributed by atoms with van der Waals surface area (Å²) >= 11 is 0. The lowest BCUT2D eigenvalue weighted by molar-refractivity contribution is 0.0746. The molecule has 0 aliphatic rings. The van der Waals surface area contributed by atoms with Crippen molar-refractivity contribution in [3.8, 4) is 6.07 Å². The number of rotatable bonds is 7. The first-order valence-corrected chi connectivity index (χ1v) is 9.08. The molecule has 0 spiro atoms. The number of nitriles is 1. The molecule has 136 valence electrons. The topological polar surface area (TPSA) is 91.1 Å². The van der Waals surface area contributed by atoms with Crippen molar-refractivity contribution in [2.75, 3.05) is 6.54 Å². The van der Waals surface area contributed by atoms with Crippen molar-refractivity contribution < 1.29 is 22.0 Å². The van der Waals surface area contributed by atoms with Crippen LogP contribution in [0.3, 0.4) is 0 Å². The summed E-state index contributed by atoms with van der Waals surface area (Å²) < 4.78 is 48.0. The van der Waals surface area contributed by atoms with Gasteiger partial charge in [0.05, 0.1) is 17.4 Å². The van der Waals surface area contributed by atoms with Gasteiger partial charge in [-0.2, -0.15) is 14.0 Å². The zero-order valence-corrected chi connectivity index (χ0v) is 14.4. The van der Waals surface area contributed by atoms with Crippen LogP contribution >= 0.6 is 0 Å². The second-order valence-electron chi connectivity index (χ2n) is 5.33. The fraction of sp³-hybridized carbons (Fsp3) is 0.235. The Balaban J connectivity index is 2.23. The summed E-state index contributed by atoms with van der Waals surface area (Å²) in [4.78, 5) is 17.5. The van der Waals surface area contributed by atoms with Crippen LogP contribution in [0.25, 0.3) is 0 Å². The third kappa shape index (κ3) is 4.61. The maximum atomic E-state index is 12.6. The summed E-state index contributed by atoms with van der Waals surface area (Å²) in [5, 5.41) is 8.77. The number of benzene rings is 1. The molecule has 0 aliphatic carbocycles. The lowest BCUT2D eigenvalue weighted by Gasteiger charge is -2.22. The van der Waals surface area contributed by atoms with Gasteiger partial charge in [0.2, 0.25) is 9.84 Å². The molecule has 26 heavy (non-hydrogen) atoms. The standard InChI is InChI=1S/C17H15F2N3O3S/c18-17(19)26(24,25)15-6-4-14(5-7-15)16(23)22(10-2-8-20)12-13-3-1-9-21-11-13/h1,3-7,9,11,17H,2,10,12H2. The number of amides is 1. The van der Waals surface area contributed by atoms with Crippen molar-refractivity contribution in [2.24, 2.45) is 0 Å². The molecule has 0 saturated carbocycles. The molecule has 0 bridgehead atoms. The maximum Gasteiger partial charge on any atom is 0.341 e. The molecule has 1 aromatic heterocycles. The van der Waals surface area contributed by atoms with E-state index >= 15 is 0 Å². The number of pyridine rings is 1. The van der Waals surface area contributed by atoms with Crippen LogP contribution in [-0.2, 0) is 16.4 Å². The minimum Gasteiger partial charge on any atom is -0.333 e. The Bertz CT molecular complexity index is 895. The SMILES string of the molecule is N#CCCN(Cc1cccnc1)C(=O)c1ccc(S(=O)(=O)C(F)F)cc1. The Kier molecular flexibility index (Phi) is 6.36. The molecule has 6 nitrogen and oxygen atoms in total. The summed E-state index contributed by atoms with van der Waals surface area (Å²) in [5.41, 5.74) is 0.899. The molecule has 0 N–H and O–H groups in total. The first-order valence-electron chi connectivity index (χ1n) is 7.53. The molecular weight excluding hydrogens is 364 g/mol. The summed E-state index contributed by atoms with van der Waals surface area (Å²) in [7, 11) is -4.71. The Morgan fingerprint density at radius 1 is 1.23 bits per heavy atom. The number of nitrogens with zero attached hydrogens (tertiary/aromatic N) is 3. The second kappa shape index (κ2) is 8.49. The normalized spacial score (nSPS) is 11.2.